The number of rotatable bonds is 15. The van der Waals surface area contributed by atoms with Gasteiger partial charge in [0.05, 0.1) is 17.6 Å². The molecule has 1 aliphatic rings. The summed E-state index contributed by atoms with van der Waals surface area (Å²) in [6, 6.07) is 7.64. The number of aromatic nitrogens is 3. The number of carbonyl (C=O) groups excluding carboxylic acids is 1. The molecule has 0 saturated carbocycles. The van der Waals surface area contributed by atoms with Gasteiger partial charge in [0, 0.05) is 37.7 Å². The average molecular weight is 661 g/mol. The highest BCUT2D eigenvalue weighted by Gasteiger charge is 2.30. The molecule has 260 valence electrons. The number of imidazole rings is 1. The van der Waals surface area contributed by atoms with Crippen LogP contribution in [0.25, 0.3) is 22.2 Å². The smallest absolute Gasteiger partial charge is 0.460 e. The summed E-state index contributed by atoms with van der Waals surface area (Å²) in [7, 11) is 1.71. The Bertz CT molecular complexity index is 1510. The van der Waals surface area contributed by atoms with Gasteiger partial charge in [0.15, 0.2) is 0 Å². The van der Waals surface area contributed by atoms with Crippen molar-refractivity contribution in [2.75, 3.05) is 26.2 Å². The first-order valence-corrected chi connectivity index (χ1v) is 17.0. The summed E-state index contributed by atoms with van der Waals surface area (Å²) in [6.45, 7) is 9.90. The van der Waals surface area contributed by atoms with Gasteiger partial charge in [-0.1, -0.05) is 38.2 Å². The van der Waals surface area contributed by atoms with Gasteiger partial charge in [0.2, 0.25) is 0 Å². The molecule has 47 heavy (non-hydrogen) atoms. The van der Waals surface area contributed by atoms with E-state index in [1.54, 1.807) is 24.7 Å². The number of benzene rings is 1. The fourth-order valence-corrected chi connectivity index (χ4v) is 6.45. The van der Waals surface area contributed by atoms with Crippen molar-refractivity contribution < 1.29 is 27.4 Å². The van der Waals surface area contributed by atoms with E-state index >= 15 is 0 Å². The zero-order chi connectivity index (χ0) is 34.2. The van der Waals surface area contributed by atoms with Crippen LogP contribution < -0.4 is 5.56 Å². The van der Waals surface area contributed by atoms with Crippen LogP contribution in [0.15, 0.2) is 35.3 Å². The monoisotopic (exact) mass is 660 g/mol. The predicted octanol–water partition coefficient (Wildman–Crippen LogP) is 7.89. The number of piperidine rings is 1. The quantitative estimate of drug-likeness (QED) is 0.122. The number of hydrogen-bond donors (Lipinski definition) is 0. The minimum atomic E-state index is -4.69. The molecule has 3 heterocycles. The van der Waals surface area contributed by atoms with Crippen LogP contribution in [0.3, 0.4) is 0 Å². The molecule has 4 rings (SSSR count). The first-order chi connectivity index (χ1) is 22.2. The van der Waals surface area contributed by atoms with E-state index in [-0.39, 0.29) is 24.0 Å². The molecule has 1 aliphatic heterocycles. The van der Waals surface area contributed by atoms with E-state index in [9.17, 15) is 22.8 Å². The Hall–Kier alpha value is -3.18. The number of halogens is 3. The molecule has 1 fully saturated rings. The number of aryl methyl sites for hydroxylation is 2. The second-order valence-corrected chi connectivity index (χ2v) is 13.9. The normalized spacial score (nSPS) is 15.1. The van der Waals surface area contributed by atoms with Gasteiger partial charge in [-0.3, -0.25) is 14.3 Å². The number of pyridine rings is 1. The van der Waals surface area contributed by atoms with Crippen LogP contribution in [0.5, 0.6) is 0 Å². The van der Waals surface area contributed by atoms with Crippen molar-refractivity contribution in [1.29, 1.82) is 0 Å². The number of alkyl halides is 3. The summed E-state index contributed by atoms with van der Waals surface area (Å²) in [4.78, 5) is 31.5. The number of fused-ring (bicyclic) bond motifs is 1. The van der Waals surface area contributed by atoms with Crippen LogP contribution in [0.2, 0.25) is 0 Å². The number of esters is 1. The highest BCUT2D eigenvalue weighted by molar-refractivity contribution is 5.83. The Balaban J connectivity index is 1.29. The summed E-state index contributed by atoms with van der Waals surface area (Å²) in [5, 5.41) is 0. The molecular weight excluding hydrogens is 609 g/mol. The van der Waals surface area contributed by atoms with Gasteiger partial charge in [-0.15, -0.1) is 13.2 Å². The van der Waals surface area contributed by atoms with Crippen LogP contribution in [0.4, 0.5) is 13.2 Å². The lowest BCUT2D eigenvalue weighted by atomic mass is 9.95. The number of likely N-dealkylation sites (tertiary alicyclic amines) is 1. The maximum Gasteiger partial charge on any atom is 0.522 e. The minimum absolute atomic E-state index is 0.0440. The van der Waals surface area contributed by atoms with E-state index in [1.165, 1.54) is 19.3 Å². The molecule has 3 aromatic rings. The van der Waals surface area contributed by atoms with E-state index in [0.29, 0.717) is 12.0 Å². The largest absolute Gasteiger partial charge is 0.522 e. The first kappa shape index (κ1) is 36.7. The molecule has 11 heteroatoms. The number of carbonyl (C=O) groups is 1. The lowest BCUT2D eigenvalue weighted by Gasteiger charge is -2.32. The van der Waals surface area contributed by atoms with Crippen LogP contribution in [0.1, 0.15) is 102 Å². The molecular formula is C36H51F3N4O4. The van der Waals surface area contributed by atoms with E-state index in [2.05, 4.69) is 9.64 Å². The van der Waals surface area contributed by atoms with Gasteiger partial charge in [-0.05, 0) is 102 Å². The second kappa shape index (κ2) is 16.3. The van der Waals surface area contributed by atoms with E-state index in [1.807, 2.05) is 49.6 Å². The summed E-state index contributed by atoms with van der Waals surface area (Å²) in [6.07, 6.45) is 7.11. The third-order valence-corrected chi connectivity index (χ3v) is 8.78. The van der Waals surface area contributed by atoms with Crippen LogP contribution >= 0.6 is 0 Å². The van der Waals surface area contributed by atoms with Crippen molar-refractivity contribution in [3.63, 3.8) is 0 Å². The van der Waals surface area contributed by atoms with Gasteiger partial charge >= 0.3 is 12.3 Å². The molecule has 0 bridgehead atoms. The topological polar surface area (TPSA) is 78.6 Å². The molecule has 1 saturated heterocycles. The van der Waals surface area contributed by atoms with E-state index in [4.69, 9.17) is 9.72 Å². The van der Waals surface area contributed by atoms with Gasteiger partial charge in [0.1, 0.15) is 11.4 Å². The Morgan fingerprint density at radius 2 is 1.60 bits per heavy atom. The lowest BCUT2D eigenvalue weighted by Crippen LogP contribution is -2.34. The summed E-state index contributed by atoms with van der Waals surface area (Å²) < 4.78 is 51.6. The van der Waals surface area contributed by atoms with E-state index in [0.717, 1.165) is 86.1 Å². The maximum atomic E-state index is 12.9. The van der Waals surface area contributed by atoms with Crippen LogP contribution in [-0.4, -0.2) is 63.2 Å². The van der Waals surface area contributed by atoms with Crippen molar-refractivity contribution in [1.82, 2.24) is 19.0 Å². The summed E-state index contributed by atoms with van der Waals surface area (Å²) in [5.74, 6) is 0.843. The molecule has 0 spiro atoms. The summed E-state index contributed by atoms with van der Waals surface area (Å²) in [5.41, 5.74) is 3.37. The number of nitrogens with zero attached hydrogens (tertiary/aromatic N) is 4. The van der Waals surface area contributed by atoms with Crippen LogP contribution in [0, 0.1) is 6.92 Å². The predicted molar refractivity (Wildman–Crippen MR) is 178 cm³/mol. The standard InChI is InChI=1S/C36H51F3N4O4/c1-26-23-29(25-41(5)34(26)45)28-14-15-30-31(24-28)43(21-22-46-36(37,38)39)33(40-30)27-16-19-42(20-17-27)18-12-10-8-6-7-9-11-13-32(44)47-35(2,3)4/h14-15,23-25,27H,6-13,16-22H2,1-5H3. The Labute approximate surface area is 276 Å². The van der Waals surface area contributed by atoms with Crippen molar-refractivity contribution in [3.05, 3.63) is 52.2 Å². The molecule has 0 N–H and O–H groups in total. The minimum Gasteiger partial charge on any atom is -0.460 e. The highest BCUT2D eigenvalue weighted by Crippen LogP contribution is 2.33. The fraction of sp³-hybridized carbons (Fsp3) is 0.639. The molecule has 0 aliphatic carbocycles. The molecule has 0 atom stereocenters. The molecule has 8 nitrogen and oxygen atoms in total. The van der Waals surface area contributed by atoms with E-state index < -0.39 is 18.6 Å². The van der Waals surface area contributed by atoms with Crippen molar-refractivity contribution in [2.45, 2.75) is 116 Å². The molecule has 1 aromatic carbocycles. The van der Waals surface area contributed by atoms with Crippen molar-refractivity contribution >= 4 is 17.0 Å². The average Bonchev–Trinajstić information content (AvgIpc) is 3.35. The third-order valence-electron chi connectivity index (χ3n) is 8.78. The Morgan fingerprint density at radius 3 is 2.23 bits per heavy atom. The molecule has 0 amide bonds. The second-order valence-electron chi connectivity index (χ2n) is 13.9. The maximum absolute atomic E-state index is 12.9. The first-order valence-electron chi connectivity index (χ1n) is 17.0. The molecule has 0 unspecified atom stereocenters. The fourth-order valence-electron chi connectivity index (χ4n) is 6.45. The number of unbranched alkanes of at least 4 members (excludes halogenated alkanes) is 6. The Kier molecular flexibility index (Phi) is 12.7. The highest BCUT2D eigenvalue weighted by atomic mass is 19.4. The number of ether oxygens (including phenoxy) is 2. The SMILES string of the molecule is Cc1cc(-c2ccc3nc(C4CCN(CCCCCCCCCC(=O)OC(C)(C)C)CC4)n(CCOC(F)(F)F)c3c2)cn(C)c1=O. The number of hydrogen-bond acceptors (Lipinski definition) is 6. The van der Waals surface area contributed by atoms with Gasteiger partial charge < -0.3 is 18.8 Å². The van der Waals surface area contributed by atoms with Gasteiger partial charge in [-0.25, -0.2) is 4.98 Å². The summed E-state index contributed by atoms with van der Waals surface area (Å²) >= 11 is 0. The zero-order valence-electron chi connectivity index (χ0n) is 28.6. The van der Waals surface area contributed by atoms with Crippen LogP contribution in [-0.2, 0) is 27.9 Å². The van der Waals surface area contributed by atoms with Gasteiger partial charge in [-0.2, -0.15) is 0 Å². The third kappa shape index (κ3) is 11.2. The zero-order valence-corrected chi connectivity index (χ0v) is 28.6. The molecule has 0 radical (unpaired) electrons. The van der Waals surface area contributed by atoms with Gasteiger partial charge in [0.25, 0.3) is 5.56 Å². The van der Waals surface area contributed by atoms with Crippen molar-refractivity contribution in [2.24, 2.45) is 7.05 Å². The molecule has 2 aromatic heterocycles. The Morgan fingerprint density at radius 1 is 0.936 bits per heavy atom. The lowest BCUT2D eigenvalue weighted by molar-refractivity contribution is -0.325. The van der Waals surface area contributed by atoms with Crippen molar-refractivity contribution in [3.8, 4) is 11.1 Å².